The molecule has 2 heteroatoms. The van der Waals surface area contributed by atoms with E-state index in [1.807, 2.05) is 13.8 Å². The summed E-state index contributed by atoms with van der Waals surface area (Å²) in [5.74, 6) is 1.84. The zero-order chi connectivity index (χ0) is 10.1. The van der Waals surface area contributed by atoms with E-state index in [0.29, 0.717) is 5.78 Å². The summed E-state index contributed by atoms with van der Waals surface area (Å²) in [6, 6.07) is 0. The Bertz CT molecular complexity index is 196. The second-order valence-corrected chi connectivity index (χ2v) is 4.97. The highest BCUT2D eigenvalue weighted by Crippen LogP contribution is 2.25. The fraction of sp³-hybridized carbons (Fsp3) is 0.818. The molecule has 75 valence electrons. The minimum absolute atomic E-state index is 0.131. The first-order valence-electron chi connectivity index (χ1n) is 4.96. The molecule has 1 aliphatic heterocycles. The Morgan fingerprint density at radius 2 is 2.08 bits per heavy atom. The number of hydrogen-bond donors (Lipinski definition) is 0. The van der Waals surface area contributed by atoms with E-state index in [9.17, 15) is 4.79 Å². The van der Waals surface area contributed by atoms with Crippen molar-refractivity contribution in [3.63, 3.8) is 0 Å². The first-order valence-corrected chi connectivity index (χ1v) is 4.96. The molecular formula is C11H20NO. The van der Waals surface area contributed by atoms with Crippen molar-refractivity contribution in [1.82, 2.24) is 4.90 Å². The molecule has 13 heavy (non-hydrogen) atoms. The van der Waals surface area contributed by atoms with Gasteiger partial charge in [0.1, 0.15) is 5.78 Å². The first-order chi connectivity index (χ1) is 5.92. The summed E-state index contributed by atoms with van der Waals surface area (Å²) in [5.41, 5.74) is -0.131. The lowest BCUT2D eigenvalue weighted by molar-refractivity contribution is -0.131. The van der Waals surface area contributed by atoms with Gasteiger partial charge in [0, 0.05) is 31.5 Å². The highest BCUT2D eigenvalue weighted by atomic mass is 16.1. The number of rotatable bonds is 2. The van der Waals surface area contributed by atoms with Gasteiger partial charge >= 0.3 is 0 Å². The van der Waals surface area contributed by atoms with Crippen LogP contribution in [0, 0.1) is 11.3 Å². The van der Waals surface area contributed by atoms with Crippen LogP contribution in [-0.4, -0.2) is 30.3 Å². The average molecular weight is 182 g/mol. The van der Waals surface area contributed by atoms with Gasteiger partial charge in [-0.1, -0.05) is 27.7 Å². The van der Waals surface area contributed by atoms with Gasteiger partial charge < -0.3 is 4.90 Å². The topological polar surface area (TPSA) is 20.3 Å². The number of ketones is 1. The molecule has 0 spiro atoms. The molecule has 0 aromatic carbocycles. The van der Waals surface area contributed by atoms with Gasteiger partial charge in [-0.2, -0.15) is 0 Å². The fourth-order valence-electron chi connectivity index (χ4n) is 1.91. The van der Waals surface area contributed by atoms with E-state index in [1.54, 1.807) is 0 Å². The van der Waals surface area contributed by atoms with E-state index in [4.69, 9.17) is 0 Å². The van der Waals surface area contributed by atoms with Crippen LogP contribution >= 0.6 is 0 Å². The van der Waals surface area contributed by atoms with Crippen LogP contribution in [0.15, 0.2) is 0 Å². The second-order valence-electron chi connectivity index (χ2n) is 4.97. The molecule has 0 aliphatic carbocycles. The molecule has 0 unspecified atom stereocenters. The molecular weight excluding hydrogens is 162 g/mol. The van der Waals surface area contributed by atoms with Crippen molar-refractivity contribution in [2.45, 2.75) is 34.1 Å². The molecule has 0 atom stereocenters. The third-order valence-corrected chi connectivity index (χ3v) is 2.57. The largest absolute Gasteiger partial charge is 0.301 e. The van der Waals surface area contributed by atoms with E-state index >= 15 is 0 Å². The smallest absolute Gasteiger partial charge is 0.141 e. The van der Waals surface area contributed by atoms with Gasteiger partial charge in [0.15, 0.2) is 0 Å². The Morgan fingerprint density at radius 3 is 2.54 bits per heavy atom. The van der Waals surface area contributed by atoms with E-state index in [2.05, 4.69) is 18.7 Å². The van der Waals surface area contributed by atoms with Crippen molar-refractivity contribution in [2.75, 3.05) is 19.6 Å². The van der Waals surface area contributed by atoms with Crippen LogP contribution in [-0.2, 0) is 4.79 Å². The minimum Gasteiger partial charge on any atom is -0.301 e. The predicted octanol–water partition coefficient (Wildman–Crippen LogP) is 1.90. The molecule has 0 bridgehead atoms. The highest BCUT2D eigenvalue weighted by Gasteiger charge is 2.33. The quantitative estimate of drug-likeness (QED) is 0.650. The van der Waals surface area contributed by atoms with Crippen molar-refractivity contribution in [2.24, 2.45) is 5.41 Å². The second kappa shape index (κ2) is 3.79. The van der Waals surface area contributed by atoms with Crippen molar-refractivity contribution < 1.29 is 4.79 Å². The maximum absolute atomic E-state index is 11.5. The zero-order valence-electron chi connectivity index (χ0n) is 9.18. The number of likely N-dealkylation sites (tertiary alicyclic amines) is 1. The lowest BCUT2D eigenvalue weighted by atomic mass is 9.82. The third-order valence-electron chi connectivity index (χ3n) is 2.57. The lowest BCUT2D eigenvalue weighted by Gasteiger charge is -2.37. The summed E-state index contributed by atoms with van der Waals surface area (Å²) >= 11 is 0. The van der Waals surface area contributed by atoms with Gasteiger partial charge in [-0.05, 0) is 5.92 Å². The third kappa shape index (κ3) is 2.80. The van der Waals surface area contributed by atoms with Gasteiger partial charge in [-0.15, -0.1) is 0 Å². The predicted molar refractivity (Wildman–Crippen MR) is 54.4 cm³/mol. The van der Waals surface area contributed by atoms with Gasteiger partial charge in [-0.25, -0.2) is 0 Å². The molecule has 1 aliphatic rings. The summed E-state index contributed by atoms with van der Waals surface area (Å²) in [6.45, 7) is 11.3. The molecule has 1 heterocycles. The Morgan fingerprint density at radius 1 is 1.46 bits per heavy atom. The molecule has 1 rings (SSSR count). The monoisotopic (exact) mass is 182 g/mol. The number of carbonyl (C=O) groups is 1. The lowest BCUT2D eigenvalue weighted by Crippen LogP contribution is -2.46. The molecule has 0 N–H and O–H groups in total. The molecule has 1 fully saturated rings. The Kier molecular flexibility index (Phi) is 3.12. The minimum atomic E-state index is -0.131. The number of piperidine rings is 1. The summed E-state index contributed by atoms with van der Waals surface area (Å²) in [5, 5.41) is 0. The van der Waals surface area contributed by atoms with Crippen molar-refractivity contribution in [1.29, 1.82) is 0 Å². The van der Waals surface area contributed by atoms with Crippen LogP contribution in [0.25, 0.3) is 0 Å². The molecule has 0 saturated carbocycles. The van der Waals surface area contributed by atoms with Crippen molar-refractivity contribution >= 4 is 5.78 Å². The molecule has 0 aromatic heterocycles. The number of nitrogens with zero attached hydrogens (tertiary/aromatic N) is 1. The van der Waals surface area contributed by atoms with Gasteiger partial charge in [-0.3, -0.25) is 4.79 Å². The maximum Gasteiger partial charge on any atom is 0.141 e. The Hall–Kier alpha value is -0.370. The normalized spacial score (nSPS) is 23.9. The van der Waals surface area contributed by atoms with E-state index in [-0.39, 0.29) is 5.41 Å². The molecule has 2 nitrogen and oxygen atoms in total. The van der Waals surface area contributed by atoms with Crippen LogP contribution < -0.4 is 0 Å². The number of hydrogen-bond acceptors (Lipinski definition) is 2. The van der Waals surface area contributed by atoms with E-state index < -0.39 is 0 Å². The number of carbonyl (C=O) groups excluding carboxylic acids is 1. The molecule has 0 aromatic rings. The van der Waals surface area contributed by atoms with Gasteiger partial charge in [0.2, 0.25) is 0 Å². The molecule has 1 saturated heterocycles. The maximum atomic E-state index is 11.5. The first kappa shape index (κ1) is 10.7. The van der Waals surface area contributed by atoms with E-state index in [0.717, 1.165) is 26.1 Å². The van der Waals surface area contributed by atoms with Gasteiger partial charge in [0.05, 0.1) is 0 Å². The van der Waals surface area contributed by atoms with Crippen LogP contribution in [0.3, 0.4) is 0 Å². The van der Waals surface area contributed by atoms with Crippen molar-refractivity contribution in [3.05, 3.63) is 5.92 Å². The van der Waals surface area contributed by atoms with Crippen LogP contribution in [0.2, 0.25) is 0 Å². The molecule has 1 radical (unpaired) electrons. The van der Waals surface area contributed by atoms with Gasteiger partial charge in [0.25, 0.3) is 0 Å². The Labute approximate surface area is 81.3 Å². The summed E-state index contributed by atoms with van der Waals surface area (Å²) in [6.07, 6.45) is 0.722. The standard InChI is InChI=1S/C11H20NO/c1-9(2)7-12-6-5-10(13)11(3,4)8-12/h5-8H2,1-4H3. The summed E-state index contributed by atoms with van der Waals surface area (Å²) in [4.78, 5) is 13.9. The summed E-state index contributed by atoms with van der Waals surface area (Å²) < 4.78 is 0. The van der Waals surface area contributed by atoms with Crippen molar-refractivity contribution in [3.8, 4) is 0 Å². The Balaban J connectivity index is 2.51. The average Bonchev–Trinajstić information content (AvgIpc) is 1.95. The summed E-state index contributed by atoms with van der Waals surface area (Å²) in [7, 11) is 0. The molecule has 0 amide bonds. The van der Waals surface area contributed by atoms with Crippen LogP contribution in [0.4, 0.5) is 0 Å². The van der Waals surface area contributed by atoms with Crippen LogP contribution in [0.1, 0.15) is 34.1 Å². The van der Waals surface area contributed by atoms with Crippen LogP contribution in [0.5, 0.6) is 0 Å². The fourth-order valence-corrected chi connectivity index (χ4v) is 1.91. The number of Topliss-reactive ketones (excluding diaryl/α,β-unsaturated/α-hetero) is 1. The SMILES string of the molecule is C[C](C)CN1CCC(=O)C(C)(C)C1. The zero-order valence-corrected chi connectivity index (χ0v) is 9.18. The highest BCUT2D eigenvalue weighted by molar-refractivity contribution is 5.85. The van der Waals surface area contributed by atoms with E-state index in [1.165, 1.54) is 5.92 Å².